The average molecular weight is 446 g/mol. The molecule has 0 saturated carbocycles. The molecule has 0 aromatic rings. The van der Waals surface area contributed by atoms with Crippen LogP contribution in [-0.2, 0) is 24.0 Å². The molecule has 31 heavy (non-hydrogen) atoms. The Kier molecular flexibility index (Phi) is 12.4. The van der Waals surface area contributed by atoms with Crippen LogP contribution < -0.4 is 27.4 Å². The highest BCUT2D eigenvalue weighted by molar-refractivity contribution is 5.94. The van der Waals surface area contributed by atoms with Gasteiger partial charge >= 0.3 is 5.97 Å². The summed E-state index contributed by atoms with van der Waals surface area (Å²) in [6, 6.07) is -4.74. The summed E-state index contributed by atoms with van der Waals surface area (Å²) in [6.07, 6.45) is 0.0457. The van der Waals surface area contributed by atoms with Crippen molar-refractivity contribution in [2.45, 2.75) is 71.1 Å². The van der Waals surface area contributed by atoms with Gasteiger partial charge in [-0.15, -0.1) is 0 Å². The van der Waals surface area contributed by atoms with Gasteiger partial charge in [0.25, 0.3) is 0 Å². The third-order valence-corrected chi connectivity index (χ3v) is 4.42. The summed E-state index contributed by atoms with van der Waals surface area (Å²) < 4.78 is 0. The number of amides is 4. The summed E-state index contributed by atoms with van der Waals surface area (Å²) in [4.78, 5) is 59.4. The number of hydrogen-bond donors (Lipinski definition) is 7. The molecule has 0 aromatic carbocycles. The Hall–Kier alpha value is -2.73. The quantitative estimate of drug-likeness (QED) is 0.155. The molecule has 0 radical (unpaired) electrons. The number of aliphatic hydroxyl groups is 1. The van der Waals surface area contributed by atoms with Gasteiger partial charge in [-0.3, -0.25) is 19.2 Å². The van der Waals surface area contributed by atoms with E-state index in [1.54, 1.807) is 13.8 Å². The Morgan fingerprint density at radius 3 is 1.84 bits per heavy atom. The van der Waals surface area contributed by atoms with Crippen molar-refractivity contribution in [2.75, 3.05) is 6.61 Å². The Labute approximate surface area is 181 Å². The lowest BCUT2D eigenvalue weighted by Crippen LogP contribution is -2.59. The van der Waals surface area contributed by atoms with Crippen LogP contribution in [0.3, 0.4) is 0 Å². The van der Waals surface area contributed by atoms with Gasteiger partial charge in [-0.1, -0.05) is 27.7 Å². The predicted octanol–water partition coefficient (Wildman–Crippen LogP) is -2.19. The van der Waals surface area contributed by atoms with E-state index in [9.17, 15) is 34.2 Å². The van der Waals surface area contributed by atoms with Crippen molar-refractivity contribution in [1.82, 2.24) is 16.0 Å². The summed E-state index contributed by atoms with van der Waals surface area (Å²) in [5, 5.41) is 25.9. The number of hydrogen-bond acceptors (Lipinski definition) is 7. The van der Waals surface area contributed by atoms with Gasteiger partial charge < -0.3 is 37.6 Å². The van der Waals surface area contributed by atoms with E-state index in [0.29, 0.717) is 0 Å². The van der Waals surface area contributed by atoms with Crippen molar-refractivity contribution in [3.63, 3.8) is 0 Å². The fourth-order valence-corrected chi connectivity index (χ4v) is 2.64. The maximum Gasteiger partial charge on any atom is 0.326 e. The summed E-state index contributed by atoms with van der Waals surface area (Å²) in [7, 11) is 0. The summed E-state index contributed by atoms with van der Waals surface area (Å²) >= 11 is 0. The molecule has 0 aliphatic rings. The Balaban J connectivity index is 5.14. The lowest BCUT2D eigenvalue weighted by Gasteiger charge is -2.26. The fourth-order valence-electron chi connectivity index (χ4n) is 2.64. The zero-order valence-electron chi connectivity index (χ0n) is 18.4. The number of carbonyl (C=O) groups excluding carboxylic acids is 4. The van der Waals surface area contributed by atoms with E-state index >= 15 is 0 Å². The Bertz CT molecular complexity index is 654. The number of carbonyl (C=O) groups is 5. The monoisotopic (exact) mass is 445 g/mol. The number of rotatable bonds is 14. The minimum atomic E-state index is -1.40. The highest BCUT2D eigenvalue weighted by Crippen LogP contribution is 2.08. The molecule has 12 heteroatoms. The van der Waals surface area contributed by atoms with Gasteiger partial charge in [0.1, 0.15) is 18.1 Å². The molecule has 0 aliphatic carbocycles. The lowest BCUT2D eigenvalue weighted by molar-refractivity contribution is -0.143. The first-order chi connectivity index (χ1) is 14.3. The third kappa shape index (κ3) is 10.7. The van der Waals surface area contributed by atoms with Crippen LogP contribution in [0.1, 0.15) is 47.0 Å². The van der Waals surface area contributed by atoms with Crippen LogP contribution in [0.15, 0.2) is 0 Å². The lowest BCUT2D eigenvalue weighted by atomic mass is 10.00. The van der Waals surface area contributed by atoms with Crippen LogP contribution in [0, 0.1) is 11.8 Å². The first-order valence-corrected chi connectivity index (χ1v) is 10.1. The molecule has 4 unspecified atom stereocenters. The maximum atomic E-state index is 12.6. The number of primary amides is 1. The second-order valence-electron chi connectivity index (χ2n) is 8.11. The average Bonchev–Trinajstić information content (AvgIpc) is 2.66. The second kappa shape index (κ2) is 13.5. The SMILES string of the molecule is CC(C)CC(NC(=O)C(NC(=O)C(CO)NC(=O)C(N)CCC(N)=O)C(C)C)C(=O)O. The largest absolute Gasteiger partial charge is 0.480 e. The van der Waals surface area contributed by atoms with Gasteiger partial charge in [0.05, 0.1) is 12.6 Å². The molecule has 4 atom stereocenters. The van der Waals surface area contributed by atoms with Crippen LogP contribution >= 0.6 is 0 Å². The van der Waals surface area contributed by atoms with Crippen molar-refractivity contribution in [2.24, 2.45) is 23.3 Å². The fraction of sp³-hybridized carbons (Fsp3) is 0.737. The zero-order chi connectivity index (χ0) is 24.3. The molecule has 0 saturated heterocycles. The van der Waals surface area contributed by atoms with Crippen molar-refractivity contribution >= 4 is 29.6 Å². The molecule has 0 rings (SSSR count). The number of nitrogens with two attached hydrogens (primary N) is 2. The standard InChI is InChI=1S/C19H35N5O7/c1-9(2)7-12(19(30)31)22-18(29)15(10(3)4)24-17(28)13(8-25)23-16(27)11(20)5-6-14(21)26/h9-13,15,25H,5-8,20H2,1-4H3,(H2,21,26)(H,22,29)(H,23,27)(H,24,28)(H,30,31). The first kappa shape index (κ1) is 28.3. The number of aliphatic carboxylic acids is 1. The van der Waals surface area contributed by atoms with Crippen LogP contribution in [-0.4, -0.2) is 70.6 Å². The highest BCUT2D eigenvalue weighted by atomic mass is 16.4. The smallest absolute Gasteiger partial charge is 0.326 e. The van der Waals surface area contributed by atoms with Crippen LogP contribution in [0.5, 0.6) is 0 Å². The van der Waals surface area contributed by atoms with Crippen LogP contribution in [0.25, 0.3) is 0 Å². The van der Waals surface area contributed by atoms with E-state index in [2.05, 4.69) is 16.0 Å². The summed E-state index contributed by atoms with van der Waals surface area (Å²) in [5.41, 5.74) is 10.6. The van der Waals surface area contributed by atoms with Crippen molar-refractivity contribution in [3.05, 3.63) is 0 Å². The van der Waals surface area contributed by atoms with Crippen molar-refractivity contribution in [3.8, 4) is 0 Å². The molecule has 178 valence electrons. The topological polar surface area (TPSA) is 214 Å². The molecule has 0 heterocycles. The molecular formula is C19H35N5O7. The zero-order valence-corrected chi connectivity index (χ0v) is 18.4. The van der Waals surface area contributed by atoms with E-state index in [1.165, 1.54) is 0 Å². The van der Waals surface area contributed by atoms with Crippen molar-refractivity contribution in [1.29, 1.82) is 0 Å². The van der Waals surface area contributed by atoms with Gasteiger partial charge in [0, 0.05) is 6.42 Å². The predicted molar refractivity (Wildman–Crippen MR) is 111 cm³/mol. The van der Waals surface area contributed by atoms with Gasteiger partial charge in [0.2, 0.25) is 23.6 Å². The number of aliphatic hydroxyl groups excluding tert-OH is 1. The van der Waals surface area contributed by atoms with Gasteiger partial charge in [-0.2, -0.15) is 0 Å². The summed E-state index contributed by atoms with van der Waals surface area (Å²) in [5.74, 6) is -4.54. The molecule has 0 aliphatic heterocycles. The van der Waals surface area contributed by atoms with Gasteiger partial charge in [-0.05, 0) is 24.7 Å². The third-order valence-electron chi connectivity index (χ3n) is 4.42. The molecule has 4 amide bonds. The molecule has 12 nitrogen and oxygen atoms in total. The van der Waals surface area contributed by atoms with Crippen molar-refractivity contribution < 1.29 is 34.2 Å². The van der Waals surface area contributed by atoms with Gasteiger partial charge in [-0.25, -0.2) is 4.79 Å². The Morgan fingerprint density at radius 2 is 1.42 bits per heavy atom. The minimum Gasteiger partial charge on any atom is -0.480 e. The highest BCUT2D eigenvalue weighted by Gasteiger charge is 2.31. The van der Waals surface area contributed by atoms with Crippen LogP contribution in [0.4, 0.5) is 0 Å². The van der Waals surface area contributed by atoms with E-state index in [4.69, 9.17) is 11.5 Å². The second-order valence-corrected chi connectivity index (χ2v) is 8.11. The normalized spacial score (nSPS) is 15.0. The molecular weight excluding hydrogens is 410 g/mol. The van der Waals surface area contributed by atoms with Gasteiger partial charge in [0.15, 0.2) is 0 Å². The molecule has 9 N–H and O–H groups in total. The molecule has 0 bridgehead atoms. The summed E-state index contributed by atoms with van der Waals surface area (Å²) in [6.45, 7) is 6.15. The van der Waals surface area contributed by atoms with E-state index in [1.807, 2.05) is 13.8 Å². The molecule has 0 fully saturated rings. The van der Waals surface area contributed by atoms with E-state index < -0.39 is 66.3 Å². The van der Waals surface area contributed by atoms with Crippen LogP contribution in [0.2, 0.25) is 0 Å². The first-order valence-electron chi connectivity index (χ1n) is 10.1. The molecule has 0 spiro atoms. The molecule has 0 aromatic heterocycles. The van der Waals surface area contributed by atoms with E-state index in [-0.39, 0.29) is 25.2 Å². The Morgan fingerprint density at radius 1 is 0.871 bits per heavy atom. The number of nitrogens with one attached hydrogen (secondary N) is 3. The number of carboxylic acid groups (broad SMARTS) is 1. The maximum absolute atomic E-state index is 12.6. The number of carboxylic acids is 1. The minimum absolute atomic E-state index is 0.0150. The van der Waals surface area contributed by atoms with E-state index in [0.717, 1.165) is 0 Å².